The van der Waals surface area contributed by atoms with Crippen molar-refractivity contribution in [2.24, 2.45) is 0 Å². The minimum Gasteiger partial charge on any atom is -0.496 e. The summed E-state index contributed by atoms with van der Waals surface area (Å²) in [5.74, 6) is 0.335. The molecule has 0 radical (unpaired) electrons. The van der Waals surface area contributed by atoms with Gasteiger partial charge in [-0.25, -0.2) is 4.39 Å². The van der Waals surface area contributed by atoms with Gasteiger partial charge in [0.2, 0.25) is 0 Å². The Labute approximate surface area is 122 Å². The number of halogens is 2. The SMILES string of the molecule is COc1ccc(Cl)cc1CC(C)(O)c1ccc(F)cc1. The quantitative estimate of drug-likeness (QED) is 0.925. The molecule has 0 saturated heterocycles. The normalized spacial score (nSPS) is 13.8. The molecule has 0 heterocycles. The number of hydrogen-bond acceptors (Lipinski definition) is 2. The summed E-state index contributed by atoms with van der Waals surface area (Å²) in [7, 11) is 1.57. The zero-order chi connectivity index (χ0) is 14.8. The van der Waals surface area contributed by atoms with Gasteiger partial charge in [0.1, 0.15) is 11.6 Å². The van der Waals surface area contributed by atoms with Crippen molar-refractivity contribution >= 4 is 11.6 Å². The number of hydrogen-bond donors (Lipinski definition) is 1. The molecule has 2 nitrogen and oxygen atoms in total. The standard InChI is InChI=1S/C16H16ClFO2/c1-16(19,12-3-6-14(18)7-4-12)10-11-9-13(17)5-8-15(11)20-2/h3-9,19H,10H2,1-2H3. The van der Waals surface area contributed by atoms with Crippen LogP contribution in [-0.4, -0.2) is 12.2 Å². The van der Waals surface area contributed by atoms with E-state index in [-0.39, 0.29) is 5.82 Å². The van der Waals surface area contributed by atoms with Crippen molar-refractivity contribution in [2.75, 3.05) is 7.11 Å². The van der Waals surface area contributed by atoms with Crippen LogP contribution in [0.25, 0.3) is 0 Å². The molecule has 1 unspecified atom stereocenters. The van der Waals surface area contributed by atoms with Crippen molar-refractivity contribution in [1.29, 1.82) is 0 Å². The van der Waals surface area contributed by atoms with Gasteiger partial charge in [0.15, 0.2) is 0 Å². The van der Waals surface area contributed by atoms with Crippen LogP contribution >= 0.6 is 11.6 Å². The first-order valence-electron chi connectivity index (χ1n) is 6.23. The predicted octanol–water partition coefficient (Wildman–Crippen LogP) is 3.94. The lowest BCUT2D eigenvalue weighted by Crippen LogP contribution is -2.24. The first-order valence-corrected chi connectivity index (χ1v) is 6.61. The molecular weight excluding hydrogens is 279 g/mol. The largest absolute Gasteiger partial charge is 0.496 e. The highest BCUT2D eigenvalue weighted by Gasteiger charge is 2.25. The molecule has 20 heavy (non-hydrogen) atoms. The van der Waals surface area contributed by atoms with Gasteiger partial charge in [-0.05, 0) is 48.4 Å². The highest BCUT2D eigenvalue weighted by molar-refractivity contribution is 6.30. The van der Waals surface area contributed by atoms with E-state index in [9.17, 15) is 9.50 Å². The molecule has 0 amide bonds. The van der Waals surface area contributed by atoms with Crippen LogP contribution in [0.3, 0.4) is 0 Å². The van der Waals surface area contributed by atoms with Crippen molar-refractivity contribution in [2.45, 2.75) is 18.9 Å². The molecular formula is C16H16ClFO2. The minimum absolute atomic E-state index is 0.322. The fourth-order valence-corrected chi connectivity index (χ4v) is 2.36. The molecule has 0 aliphatic carbocycles. The van der Waals surface area contributed by atoms with Crippen LogP contribution in [0.2, 0.25) is 5.02 Å². The van der Waals surface area contributed by atoms with Crippen LogP contribution in [0.4, 0.5) is 4.39 Å². The van der Waals surface area contributed by atoms with Crippen LogP contribution in [0.5, 0.6) is 5.75 Å². The Morgan fingerprint density at radius 3 is 2.45 bits per heavy atom. The summed E-state index contributed by atoms with van der Waals surface area (Å²) in [5.41, 5.74) is 0.307. The highest BCUT2D eigenvalue weighted by atomic mass is 35.5. The molecule has 2 aromatic carbocycles. The Bertz CT molecular complexity index is 594. The lowest BCUT2D eigenvalue weighted by molar-refractivity contribution is 0.0569. The maximum absolute atomic E-state index is 13.0. The Balaban J connectivity index is 2.32. The minimum atomic E-state index is -1.13. The maximum Gasteiger partial charge on any atom is 0.123 e. The van der Waals surface area contributed by atoms with Gasteiger partial charge in [-0.15, -0.1) is 0 Å². The van der Waals surface area contributed by atoms with E-state index >= 15 is 0 Å². The summed E-state index contributed by atoms with van der Waals surface area (Å²) >= 11 is 5.98. The van der Waals surface area contributed by atoms with E-state index in [2.05, 4.69) is 0 Å². The number of rotatable bonds is 4. The predicted molar refractivity (Wildman–Crippen MR) is 77.7 cm³/mol. The average Bonchev–Trinajstić information content (AvgIpc) is 2.39. The van der Waals surface area contributed by atoms with Gasteiger partial charge in [0.05, 0.1) is 12.7 Å². The smallest absolute Gasteiger partial charge is 0.123 e. The van der Waals surface area contributed by atoms with Crippen LogP contribution in [0, 0.1) is 5.82 Å². The molecule has 2 aromatic rings. The number of aliphatic hydroxyl groups is 1. The first-order chi connectivity index (χ1) is 9.42. The van der Waals surface area contributed by atoms with E-state index in [4.69, 9.17) is 16.3 Å². The van der Waals surface area contributed by atoms with Gasteiger partial charge in [0.25, 0.3) is 0 Å². The summed E-state index contributed by atoms with van der Waals surface area (Å²) in [6, 6.07) is 11.1. The third-order valence-corrected chi connectivity index (χ3v) is 3.48. The molecule has 0 saturated carbocycles. The fourth-order valence-electron chi connectivity index (χ4n) is 2.17. The third kappa shape index (κ3) is 3.30. The van der Waals surface area contributed by atoms with E-state index in [0.717, 1.165) is 5.56 Å². The highest BCUT2D eigenvalue weighted by Crippen LogP contribution is 2.31. The second-order valence-electron chi connectivity index (χ2n) is 4.91. The fraction of sp³-hybridized carbons (Fsp3) is 0.250. The van der Waals surface area contributed by atoms with Gasteiger partial charge in [-0.1, -0.05) is 23.7 Å². The van der Waals surface area contributed by atoms with Crippen molar-refractivity contribution in [3.8, 4) is 5.75 Å². The van der Waals surface area contributed by atoms with Gasteiger partial charge in [0, 0.05) is 11.4 Å². The third-order valence-electron chi connectivity index (χ3n) is 3.24. The monoisotopic (exact) mass is 294 g/mol. The van der Waals surface area contributed by atoms with Crippen LogP contribution in [-0.2, 0) is 12.0 Å². The van der Waals surface area contributed by atoms with Crippen molar-refractivity contribution in [3.63, 3.8) is 0 Å². The first kappa shape index (κ1) is 14.8. The molecule has 0 fully saturated rings. The van der Waals surface area contributed by atoms with E-state index < -0.39 is 5.60 Å². The second-order valence-corrected chi connectivity index (χ2v) is 5.35. The lowest BCUT2D eigenvalue weighted by Gasteiger charge is -2.25. The molecule has 0 aliphatic rings. The van der Waals surface area contributed by atoms with E-state index in [1.165, 1.54) is 12.1 Å². The van der Waals surface area contributed by atoms with Crippen LogP contribution in [0.1, 0.15) is 18.1 Å². The second kappa shape index (κ2) is 5.81. The maximum atomic E-state index is 13.0. The number of methoxy groups -OCH3 is 1. The molecule has 4 heteroatoms. The van der Waals surface area contributed by atoms with Crippen molar-refractivity contribution < 1.29 is 14.2 Å². The topological polar surface area (TPSA) is 29.5 Å². The lowest BCUT2D eigenvalue weighted by atomic mass is 9.89. The van der Waals surface area contributed by atoms with Crippen molar-refractivity contribution in [1.82, 2.24) is 0 Å². The number of benzene rings is 2. The molecule has 106 valence electrons. The summed E-state index contributed by atoms with van der Waals surface area (Å²) in [6.45, 7) is 1.68. The van der Waals surface area contributed by atoms with Gasteiger partial charge >= 0.3 is 0 Å². The van der Waals surface area contributed by atoms with E-state index in [0.29, 0.717) is 22.8 Å². The van der Waals surface area contributed by atoms with Gasteiger partial charge < -0.3 is 9.84 Å². The zero-order valence-corrected chi connectivity index (χ0v) is 12.1. The summed E-state index contributed by atoms with van der Waals surface area (Å²) in [5, 5.41) is 11.2. The Kier molecular flexibility index (Phi) is 4.31. The van der Waals surface area contributed by atoms with E-state index in [1.54, 1.807) is 44.4 Å². The molecule has 0 bridgehead atoms. The molecule has 0 aliphatic heterocycles. The van der Waals surface area contributed by atoms with Crippen LogP contribution in [0.15, 0.2) is 42.5 Å². The number of ether oxygens (including phenoxy) is 1. The van der Waals surface area contributed by atoms with Crippen molar-refractivity contribution in [3.05, 3.63) is 64.4 Å². The Morgan fingerprint density at radius 2 is 1.85 bits per heavy atom. The molecule has 0 spiro atoms. The summed E-state index contributed by atoms with van der Waals surface area (Å²) in [4.78, 5) is 0. The van der Waals surface area contributed by atoms with Crippen LogP contribution < -0.4 is 4.74 Å². The Hall–Kier alpha value is -1.58. The van der Waals surface area contributed by atoms with Gasteiger partial charge in [-0.2, -0.15) is 0 Å². The Morgan fingerprint density at radius 1 is 1.20 bits per heavy atom. The summed E-state index contributed by atoms with van der Waals surface area (Å²) in [6.07, 6.45) is 0.322. The van der Waals surface area contributed by atoms with Gasteiger partial charge in [-0.3, -0.25) is 0 Å². The zero-order valence-electron chi connectivity index (χ0n) is 11.4. The molecule has 2 rings (SSSR count). The molecule has 1 N–H and O–H groups in total. The average molecular weight is 295 g/mol. The summed E-state index contributed by atoms with van der Waals surface area (Å²) < 4.78 is 18.2. The molecule has 1 atom stereocenters. The van der Waals surface area contributed by atoms with E-state index in [1.807, 2.05) is 0 Å². The molecule has 0 aromatic heterocycles.